The molecule has 4 nitrogen and oxygen atoms in total. The molecule has 0 spiro atoms. The van der Waals surface area contributed by atoms with Crippen LogP contribution < -0.4 is 4.90 Å². The minimum Gasteiger partial charge on any atom is -0.340 e. The molecule has 1 aliphatic rings. The zero-order valence-electron chi connectivity index (χ0n) is 15.7. The standard InChI is InChI=1S/C22H17F4N3O/c23-19-7-6-17(22(24,25)26)12-18(19)14-2-4-15(5-3-14)20(30)16-8-11-29(13-16)21-27-9-1-10-28-21/h1-7,9-10,12,16H,8,11,13H2. The van der Waals surface area contributed by atoms with Gasteiger partial charge >= 0.3 is 6.18 Å². The van der Waals surface area contributed by atoms with Crippen LogP contribution in [-0.4, -0.2) is 28.8 Å². The van der Waals surface area contributed by atoms with E-state index in [9.17, 15) is 22.4 Å². The molecule has 30 heavy (non-hydrogen) atoms. The molecular weight excluding hydrogens is 398 g/mol. The van der Waals surface area contributed by atoms with Gasteiger partial charge in [0.15, 0.2) is 5.78 Å². The largest absolute Gasteiger partial charge is 0.416 e. The number of hydrogen-bond donors (Lipinski definition) is 0. The lowest BCUT2D eigenvalue weighted by Crippen LogP contribution is -2.24. The molecule has 0 saturated carbocycles. The molecule has 1 atom stereocenters. The van der Waals surface area contributed by atoms with Crippen molar-refractivity contribution in [1.29, 1.82) is 0 Å². The van der Waals surface area contributed by atoms with Crippen LogP contribution in [0.25, 0.3) is 11.1 Å². The molecule has 2 aromatic carbocycles. The van der Waals surface area contributed by atoms with Gasteiger partial charge in [0.2, 0.25) is 5.95 Å². The molecular formula is C22H17F4N3O. The Labute approximate surface area is 170 Å². The Bertz CT molecular complexity index is 1050. The number of hydrogen-bond acceptors (Lipinski definition) is 4. The second-order valence-electron chi connectivity index (χ2n) is 7.11. The van der Waals surface area contributed by atoms with E-state index < -0.39 is 17.6 Å². The van der Waals surface area contributed by atoms with Gasteiger partial charge in [-0.25, -0.2) is 14.4 Å². The van der Waals surface area contributed by atoms with E-state index in [1.54, 1.807) is 18.5 Å². The molecule has 4 rings (SSSR count). The van der Waals surface area contributed by atoms with Crippen LogP contribution in [0.15, 0.2) is 60.9 Å². The van der Waals surface area contributed by atoms with E-state index in [4.69, 9.17) is 0 Å². The van der Waals surface area contributed by atoms with E-state index in [1.165, 1.54) is 24.3 Å². The molecule has 1 saturated heterocycles. The van der Waals surface area contributed by atoms with Crippen molar-refractivity contribution in [1.82, 2.24) is 9.97 Å². The summed E-state index contributed by atoms with van der Waals surface area (Å²) in [6, 6.07) is 10.0. The highest BCUT2D eigenvalue weighted by Crippen LogP contribution is 2.34. The second-order valence-corrected chi connectivity index (χ2v) is 7.11. The third-order valence-electron chi connectivity index (χ3n) is 5.17. The number of carbonyl (C=O) groups excluding carboxylic acids is 1. The summed E-state index contributed by atoms with van der Waals surface area (Å²) in [5.41, 5.74) is -0.363. The van der Waals surface area contributed by atoms with E-state index in [0.717, 1.165) is 12.1 Å². The first-order chi connectivity index (χ1) is 14.3. The lowest BCUT2D eigenvalue weighted by atomic mass is 9.94. The molecule has 1 aliphatic heterocycles. The van der Waals surface area contributed by atoms with Crippen LogP contribution in [0, 0.1) is 11.7 Å². The molecule has 1 aromatic heterocycles. The first-order valence-electron chi connectivity index (χ1n) is 9.36. The molecule has 0 aliphatic carbocycles. The van der Waals surface area contributed by atoms with E-state index >= 15 is 0 Å². The number of ketones is 1. The third kappa shape index (κ3) is 4.03. The van der Waals surface area contributed by atoms with Gasteiger partial charge in [-0.1, -0.05) is 24.3 Å². The van der Waals surface area contributed by atoms with Gasteiger partial charge in [0, 0.05) is 42.5 Å². The fourth-order valence-corrected chi connectivity index (χ4v) is 3.58. The molecule has 0 bridgehead atoms. The number of rotatable bonds is 4. The molecule has 0 N–H and O–H groups in total. The number of aromatic nitrogens is 2. The SMILES string of the molecule is O=C(c1ccc(-c2cc(C(F)(F)F)ccc2F)cc1)C1CCN(c2ncccn2)C1. The van der Waals surface area contributed by atoms with Crippen molar-refractivity contribution >= 4 is 11.7 Å². The number of nitrogens with zero attached hydrogens (tertiary/aromatic N) is 3. The summed E-state index contributed by atoms with van der Waals surface area (Å²) in [5, 5.41) is 0. The quantitative estimate of drug-likeness (QED) is 0.444. The summed E-state index contributed by atoms with van der Waals surface area (Å²) in [4.78, 5) is 23.2. The molecule has 0 radical (unpaired) electrons. The summed E-state index contributed by atoms with van der Waals surface area (Å²) >= 11 is 0. The van der Waals surface area contributed by atoms with Gasteiger partial charge < -0.3 is 4.90 Å². The number of alkyl halides is 3. The van der Waals surface area contributed by atoms with Crippen LogP contribution in [0.3, 0.4) is 0 Å². The van der Waals surface area contributed by atoms with E-state index in [2.05, 4.69) is 9.97 Å². The Kier molecular flexibility index (Phi) is 5.24. The predicted molar refractivity (Wildman–Crippen MR) is 104 cm³/mol. The molecule has 8 heteroatoms. The Morgan fingerprint density at radius 2 is 1.73 bits per heavy atom. The van der Waals surface area contributed by atoms with Gasteiger partial charge in [0.05, 0.1) is 5.56 Å². The third-order valence-corrected chi connectivity index (χ3v) is 5.17. The zero-order chi connectivity index (χ0) is 21.3. The van der Waals surface area contributed by atoms with E-state index in [0.29, 0.717) is 37.1 Å². The van der Waals surface area contributed by atoms with Gasteiger partial charge in [-0.2, -0.15) is 13.2 Å². The average molecular weight is 415 g/mol. The van der Waals surface area contributed by atoms with Crippen LogP contribution in [0.4, 0.5) is 23.5 Å². The van der Waals surface area contributed by atoms with Gasteiger partial charge in [0.25, 0.3) is 0 Å². The van der Waals surface area contributed by atoms with Crippen molar-refractivity contribution in [3.8, 4) is 11.1 Å². The maximum Gasteiger partial charge on any atom is 0.416 e. The zero-order valence-corrected chi connectivity index (χ0v) is 15.7. The van der Waals surface area contributed by atoms with Crippen molar-refractivity contribution in [3.63, 3.8) is 0 Å². The van der Waals surface area contributed by atoms with Crippen LogP contribution in [-0.2, 0) is 6.18 Å². The number of halogens is 4. The van der Waals surface area contributed by atoms with Gasteiger partial charge in [-0.15, -0.1) is 0 Å². The normalized spacial score (nSPS) is 16.7. The van der Waals surface area contributed by atoms with E-state index in [1.807, 2.05) is 4.90 Å². The number of benzene rings is 2. The second kappa shape index (κ2) is 7.85. The van der Waals surface area contributed by atoms with Crippen molar-refractivity contribution in [2.45, 2.75) is 12.6 Å². The average Bonchev–Trinajstić information content (AvgIpc) is 3.24. The summed E-state index contributed by atoms with van der Waals surface area (Å²) in [7, 11) is 0. The van der Waals surface area contributed by atoms with Gasteiger partial charge in [0.1, 0.15) is 5.82 Å². The molecule has 0 amide bonds. The summed E-state index contributed by atoms with van der Waals surface area (Å²) in [5.74, 6) is -0.478. The molecule has 2 heterocycles. The first kappa shape index (κ1) is 20.0. The van der Waals surface area contributed by atoms with Crippen molar-refractivity contribution in [2.24, 2.45) is 5.92 Å². The molecule has 1 fully saturated rings. The maximum atomic E-state index is 14.1. The number of Topliss-reactive ketones (excluding diaryl/α,β-unsaturated/α-hetero) is 1. The topological polar surface area (TPSA) is 46.1 Å². The van der Waals surface area contributed by atoms with Crippen molar-refractivity contribution in [2.75, 3.05) is 18.0 Å². The highest BCUT2D eigenvalue weighted by atomic mass is 19.4. The Hall–Kier alpha value is -3.29. The lowest BCUT2D eigenvalue weighted by molar-refractivity contribution is -0.137. The van der Waals surface area contributed by atoms with Crippen molar-refractivity contribution < 1.29 is 22.4 Å². The highest BCUT2D eigenvalue weighted by molar-refractivity contribution is 5.98. The molecule has 1 unspecified atom stereocenters. The summed E-state index contributed by atoms with van der Waals surface area (Å²) < 4.78 is 52.9. The van der Waals surface area contributed by atoms with Crippen LogP contribution in [0.2, 0.25) is 0 Å². The highest BCUT2D eigenvalue weighted by Gasteiger charge is 2.32. The monoisotopic (exact) mass is 415 g/mol. The number of carbonyl (C=O) groups is 1. The minimum atomic E-state index is -4.56. The van der Waals surface area contributed by atoms with Crippen molar-refractivity contribution in [3.05, 3.63) is 77.9 Å². The van der Waals surface area contributed by atoms with E-state index in [-0.39, 0.29) is 22.8 Å². The molecule has 3 aromatic rings. The fourth-order valence-electron chi connectivity index (χ4n) is 3.58. The fraction of sp³-hybridized carbons (Fsp3) is 0.227. The Balaban J connectivity index is 1.51. The lowest BCUT2D eigenvalue weighted by Gasteiger charge is -2.15. The van der Waals surface area contributed by atoms with Gasteiger partial charge in [-0.3, -0.25) is 4.79 Å². The van der Waals surface area contributed by atoms with Gasteiger partial charge in [-0.05, 0) is 36.2 Å². The summed E-state index contributed by atoms with van der Waals surface area (Å²) in [6.45, 7) is 1.15. The van der Waals surface area contributed by atoms with Crippen LogP contribution >= 0.6 is 0 Å². The molecule has 154 valence electrons. The smallest absolute Gasteiger partial charge is 0.340 e. The minimum absolute atomic E-state index is 0.0653. The Morgan fingerprint density at radius 3 is 2.40 bits per heavy atom. The maximum absolute atomic E-state index is 14.1. The van der Waals surface area contributed by atoms with Crippen LogP contribution in [0.1, 0.15) is 22.3 Å². The summed E-state index contributed by atoms with van der Waals surface area (Å²) in [6.07, 6.45) is -0.623. The number of anilines is 1. The predicted octanol–water partition coefficient (Wildman–Crippen LogP) is 5.01. The first-order valence-corrected chi connectivity index (χ1v) is 9.36. The Morgan fingerprint density at radius 1 is 1.03 bits per heavy atom. The van der Waals surface area contributed by atoms with Crippen LogP contribution in [0.5, 0.6) is 0 Å².